The fourth-order valence-electron chi connectivity index (χ4n) is 3.61. The summed E-state index contributed by atoms with van der Waals surface area (Å²) in [5.74, 6) is 0. The molecule has 7 nitrogen and oxygen atoms in total. The number of aromatic nitrogens is 5. The highest BCUT2D eigenvalue weighted by atomic mass is 16.1. The fraction of sp³-hybridized carbons (Fsp3) is 0.474. The Kier molecular flexibility index (Phi) is 4.55. The third-order valence-corrected chi connectivity index (χ3v) is 5.43. The molecule has 0 spiro atoms. The van der Waals surface area contributed by atoms with E-state index in [4.69, 9.17) is 0 Å². The van der Waals surface area contributed by atoms with Gasteiger partial charge >= 0.3 is 0 Å². The molecule has 7 heteroatoms. The second-order valence-corrected chi connectivity index (χ2v) is 7.25. The van der Waals surface area contributed by atoms with Crippen LogP contribution in [0.15, 0.2) is 29.3 Å². The first-order valence-corrected chi connectivity index (χ1v) is 9.35. The monoisotopic (exact) mass is 353 g/mol. The molecule has 0 atom stereocenters. The molecule has 26 heavy (non-hydrogen) atoms. The second-order valence-electron chi connectivity index (χ2n) is 7.25. The molecular weight excluding hydrogens is 328 g/mol. The number of nitrogens with one attached hydrogen (secondary N) is 1. The van der Waals surface area contributed by atoms with Crippen molar-refractivity contribution in [2.75, 3.05) is 19.6 Å². The van der Waals surface area contributed by atoms with E-state index in [1.807, 2.05) is 18.2 Å². The van der Waals surface area contributed by atoms with Crippen LogP contribution in [-0.4, -0.2) is 44.2 Å². The van der Waals surface area contributed by atoms with Gasteiger partial charge in [-0.3, -0.25) is 9.36 Å². The van der Waals surface area contributed by atoms with E-state index >= 15 is 0 Å². The van der Waals surface area contributed by atoms with E-state index in [0.717, 1.165) is 12.2 Å². The summed E-state index contributed by atoms with van der Waals surface area (Å²) in [5, 5.41) is 8.29. The first-order chi connectivity index (χ1) is 12.6. The summed E-state index contributed by atoms with van der Waals surface area (Å²) in [6, 6.07) is 6.06. The lowest BCUT2D eigenvalue weighted by Gasteiger charge is -2.23. The van der Waals surface area contributed by atoms with Crippen molar-refractivity contribution in [3.8, 4) is 5.69 Å². The Labute approximate surface area is 152 Å². The van der Waals surface area contributed by atoms with Gasteiger partial charge in [-0.05, 0) is 56.4 Å². The van der Waals surface area contributed by atoms with Crippen molar-refractivity contribution in [2.24, 2.45) is 0 Å². The zero-order valence-electron chi connectivity index (χ0n) is 15.4. The molecule has 1 fully saturated rings. The van der Waals surface area contributed by atoms with Gasteiger partial charge in [0.2, 0.25) is 0 Å². The summed E-state index contributed by atoms with van der Waals surface area (Å²) in [6.45, 7) is 8.16. The molecule has 0 amide bonds. The van der Waals surface area contributed by atoms with Crippen LogP contribution in [0.2, 0.25) is 0 Å². The van der Waals surface area contributed by atoms with E-state index in [0.29, 0.717) is 17.7 Å². The first-order valence-electron chi connectivity index (χ1n) is 9.35. The molecule has 0 aliphatic carbocycles. The van der Waals surface area contributed by atoms with Gasteiger partial charge in [-0.25, -0.2) is 4.98 Å². The van der Waals surface area contributed by atoms with Gasteiger partial charge in [-0.2, -0.15) is 4.68 Å². The minimum Gasteiger partial charge on any atom is -0.333 e. The normalized spacial score (nSPS) is 15.6. The predicted molar refractivity (Wildman–Crippen MR) is 99.8 cm³/mol. The molecule has 0 saturated carbocycles. The van der Waals surface area contributed by atoms with Crippen LogP contribution in [0.1, 0.15) is 30.4 Å². The zero-order valence-corrected chi connectivity index (χ0v) is 15.4. The lowest BCUT2D eigenvalue weighted by atomic mass is 10.1. The van der Waals surface area contributed by atoms with Gasteiger partial charge in [0.05, 0.1) is 31.9 Å². The average Bonchev–Trinajstić information content (AvgIpc) is 3.09. The van der Waals surface area contributed by atoms with Gasteiger partial charge < -0.3 is 4.90 Å². The van der Waals surface area contributed by atoms with Crippen LogP contribution < -0.4 is 10.5 Å². The molecule has 2 aromatic heterocycles. The second kappa shape index (κ2) is 6.99. The molecular formula is C19H25N6O+. The average molecular weight is 353 g/mol. The van der Waals surface area contributed by atoms with Crippen LogP contribution in [0.5, 0.6) is 0 Å². The molecule has 4 rings (SSSR count). The Morgan fingerprint density at radius 2 is 1.92 bits per heavy atom. The molecule has 1 N–H and O–H groups in total. The Morgan fingerprint density at radius 1 is 1.12 bits per heavy atom. The number of piperidine rings is 1. The van der Waals surface area contributed by atoms with Crippen LogP contribution in [0.4, 0.5) is 0 Å². The van der Waals surface area contributed by atoms with E-state index in [2.05, 4.69) is 29.1 Å². The molecule has 3 heterocycles. The number of rotatable bonds is 4. The van der Waals surface area contributed by atoms with E-state index in [1.165, 1.54) is 43.5 Å². The largest absolute Gasteiger partial charge is 0.333 e. The fourth-order valence-corrected chi connectivity index (χ4v) is 3.61. The molecule has 0 unspecified atom stereocenters. The summed E-state index contributed by atoms with van der Waals surface area (Å²) in [4.78, 5) is 18.8. The van der Waals surface area contributed by atoms with E-state index in [1.54, 1.807) is 20.5 Å². The third kappa shape index (κ3) is 3.14. The Morgan fingerprint density at radius 3 is 2.69 bits per heavy atom. The number of hydrogen-bond acceptors (Lipinski definition) is 4. The number of fused-ring (bicyclic) bond motifs is 1. The maximum atomic E-state index is 12.8. The van der Waals surface area contributed by atoms with Crippen molar-refractivity contribution < 1.29 is 4.90 Å². The van der Waals surface area contributed by atoms with E-state index < -0.39 is 0 Å². The summed E-state index contributed by atoms with van der Waals surface area (Å²) in [5.41, 5.74) is 4.00. The van der Waals surface area contributed by atoms with Crippen LogP contribution in [0, 0.1) is 13.8 Å². The summed E-state index contributed by atoms with van der Waals surface area (Å²) in [7, 11) is 0. The van der Waals surface area contributed by atoms with Crippen LogP contribution in [-0.2, 0) is 6.54 Å². The van der Waals surface area contributed by atoms with Crippen molar-refractivity contribution in [1.29, 1.82) is 0 Å². The molecule has 1 aliphatic heterocycles. The van der Waals surface area contributed by atoms with Gasteiger partial charge in [0.15, 0.2) is 11.2 Å². The first kappa shape index (κ1) is 16.9. The number of benzene rings is 1. The quantitative estimate of drug-likeness (QED) is 0.748. The summed E-state index contributed by atoms with van der Waals surface area (Å²) < 4.78 is 3.31. The van der Waals surface area contributed by atoms with Crippen LogP contribution >= 0.6 is 0 Å². The SMILES string of the molecule is Cc1ccc(-n2nnc3c(=O)n(CC[NH+]4CCCCC4)cnc32)cc1C. The lowest BCUT2D eigenvalue weighted by molar-refractivity contribution is -0.905. The number of nitrogens with zero attached hydrogens (tertiary/aromatic N) is 5. The van der Waals surface area contributed by atoms with Crippen LogP contribution in [0.25, 0.3) is 16.9 Å². The number of likely N-dealkylation sites (tertiary alicyclic amines) is 1. The topological polar surface area (TPSA) is 70.0 Å². The molecule has 0 bridgehead atoms. The minimum absolute atomic E-state index is 0.110. The summed E-state index contributed by atoms with van der Waals surface area (Å²) in [6.07, 6.45) is 5.53. The van der Waals surface area contributed by atoms with Crippen molar-refractivity contribution in [2.45, 2.75) is 39.7 Å². The van der Waals surface area contributed by atoms with Crippen molar-refractivity contribution in [1.82, 2.24) is 24.5 Å². The predicted octanol–water partition coefficient (Wildman–Crippen LogP) is 0.663. The maximum Gasteiger partial charge on any atom is 0.283 e. The number of quaternary nitrogens is 1. The Hall–Kier alpha value is -2.54. The van der Waals surface area contributed by atoms with Crippen LogP contribution in [0.3, 0.4) is 0 Å². The summed E-state index contributed by atoms with van der Waals surface area (Å²) >= 11 is 0. The highest BCUT2D eigenvalue weighted by Gasteiger charge is 2.16. The van der Waals surface area contributed by atoms with Gasteiger partial charge in [-0.15, -0.1) is 5.10 Å². The molecule has 1 aromatic carbocycles. The molecule has 1 aliphatic rings. The Balaban J connectivity index is 1.62. The highest BCUT2D eigenvalue weighted by molar-refractivity contribution is 5.70. The Bertz CT molecular complexity index is 983. The van der Waals surface area contributed by atoms with Gasteiger partial charge in [0, 0.05) is 0 Å². The molecule has 0 radical (unpaired) electrons. The van der Waals surface area contributed by atoms with Gasteiger partial charge in [0.1, 0.15) is 6.33 Å². The lowest BCUT2D eigenvalue weighted by Crippen LogP contribution is -3.13. The van der Waals surface area contributed by atoms with Crippen molar-refractivity contribution >= 4 is 11.2 Å². The maximum absolute atomic E-state index is 12.8. The molecule has 3 aromatic rings. The third-order valence-electron chi connectivity index (χ3n) is 5.43. The van der Waals surface area contributed by atoms with Gasteiger partial charge in [0.25, 0.3) is 5.56 Å². The molecule has 1 saturated heterocycles. The van der Waals surface area contributed by atoms with Crippen molar-refractivity contribution in [3.63, 3.8) is 0 Å². The minimum atomic E-state index is -0.110. The zero-order chi connectivity index (χ0) is 18.1. The van der Waals surface area contributed by atoms with Gasteiger partial charge in [-0.1, -0.05) is 11.3 Å². The van der Waals surface area contributed by atoms with E-state index in [-0.39, 0.29) is 5.56 Å². The number of aryl methyl sites for hydroxylation is 2. The van der Waals surface area contributed by atoms with Crippen molar-refractivity contribution in [3.05, 3.63) is 46.0 Å². The standard InChI is InChI=1S/C19H24N6O/c1-14-6-7-16(12-15(14)2)25-18-17(21-22-25)19(26)24(13-20-18)11-10-23-8-4-3-5-9-23/h6-7,12-13H,3-5,8-11H2,1-2H3/p+1. The molecule has 136 valence electrons. The highest BCUT2D eigenvalue weighted by Crippen LogP contribution is 2.15. The number of hydrogen-bond donors (Lipinski definition) is 1. The van der Waals surface area contributed by atoms with E-state index in [9.17, 15) is 4.79 Å². The smallest absolute Gasteiger partial charge is 0.283 e.